The highest BCUT2D eigenvalue weighted by molar-refractivity contribution is 7.84. The Bertz CT molecular complexity index is 1590. The molecule has 168 valence electrons. The van der Waals surface area contributed by atoms with Crippen molar-refractivity contribution in [2.75, 3.05) is 12.0 Å². The van der Waals surface area contributed by atoms with Crippen LogP contribution < -0.4 is 5.69 Å². The van der Waals surface area contributed by atoms with Crippen molar-refractivity contribution < 1.29 is 13.0 Å². The monoisotopic (exact) mass is 469 g/mol. The van der Waals surface area contributed by atoms with E-state index in [4.69, 9.17) is 0 Å². The zero-order valence-electron chi connectivity index (χ0n) is 17.3. The number of aromatic amines is 1. The van der Waals surface area contributed by atoms with Gasteiger partial charge in [0.05, 0.1) is 24.3 Å². The van der Waals surface area contributed by atoms with Crippen molar-refractivity contribution in [3.8, 4) is 11.5 Å². The molecule has 0 bridgehead atoms. The van der Waals surface area contributed by atoms with Gasteiger partial charge in [-0.2, -0.15) is 5.10 Å². The smallest absolute Gasteiger partial charge is 0.290 e. The van der Waals surface area contributed by atoms with Gasteiger partial charge in [-0.1, -0.05) is 18.2 Å². The van der Waals surface area contributed by atoms with E-state index in [9.17, 15) is 17.8 Å². The summed E-state index contributed by atoms with van der Waals surface area (Å²) in [5, 5.41) is 4.84. The van der Waals surface area contributed by atoms with E-state index in [1.54, 1.807) is 24.5 Å². The lowest BCUT2D eigenvalue weighted by atomic mass is 10.2. The van der Waals surface area contributed by atoms with Crippen LogP contribution in [0.1, 0.15) is 5.56 Å². The molecule has 9 nitrogen and oxygen atoms in total. The van der Waals surface area contributed by atoms with Crippen molar-refractivity contribution in [1.29, 1.82) is 0 Å². The summed E-state index contributed by atoms with van der Waals surface area (Å²) >= 11 is 0. The Labute approximate surface area is 187 Å². The highest BCUT2D eigenvalue weighted by Gasteiger charge is 2.19. The van der Waals surface area contributed by atoms with E-state index < -0.39 is 28.1 Å². The number of imidazole rings is 1. The Kier molecular flexibility index (Phi) is 5.29. The van der Waals surface area contributed by atoms with E-state index in [0.29, 0.717) is 27.9 Å². The topological polar surface area (TPSA) is 111 Å². The highest BCUT2D eigenvalue weighted by Crippen LogP contribution is 2.26. The van der Waals surface area contributed by atoms with Crippen LogP contribution in [0.5, 0.6) is 0 Å². The van der Waals surface area contributed by atoms with Gasteiger partial charge in [-0.15, -0.1) is 0 Å². The fraction of sp³-hybridized carbons (Fsp3) is 0.190. The minimum absolute atomic E-state index is 0.0748. The van der Waals surface area contributed by atoms with Crippen LogP contribution in [0.2, 0.25) is 0 Å². The SMILES string of the molecule is CS(=O)CCn1c(=O)[nH]c2nc(-c3nn(Cc4ccccc4F)c4ncc(F)cc34)ncc21. The van der Waals surface area contributed by atoms with Crippen molar-refractivity contribution >= 4 is 33.0 Å². The molecule has 0 radical (unpaired) electrons. The van der Waals surface area contributed by atoms with Crippen LogP contribution in [0, 0.1) is 11.6 Å². The average Bonchev–Trinajstić information content (AvgIpc) is 3.29. The zero-order valence-corrected chi connectivity index (χ0v) is 18.1. The Balaban J connectivity index is 1.62. The summed E-state index contributed by atoms with van der Waals surface area (Å²) in [5.41, 5.74) is 1.31. The first-order chi connectivity index (χ1) is 15.9. The molecule has 0 spiro atoms. The molecular weight excluding hydrogens is 452 g/mol. The Morgan fingerprint density at radius 1 is 1.15 bits per heavy atom. The van der Waals surface area contributed by atoms with Crippen molar-refractivity contribution in [1.82, 2.24) is 34.3 Å². The van der Waals surface area contributed by atoms with Crippen molar-refractivity contribution in [2.24, 2.45) is 0 Å². The predicted molar refractivity (Wildman–Crippen MR) is 119 cm³/mol. The third-order valence-corrected chi connectivity index (χ3v) is 5.93. The van der Waals surface area contributed by atoms with Crippen LogP contribution in [0.25, 0.3) is 33.7 Å². The normalized spacial score (nSPS) is 12.6. The minimum Gasteiger partial charge on any atom is -0.290 e. The zero-order chi connectivity index (χ0) is 23.1. The number of aromatic nitrogens is 7. The number of halogens is 2. The molecule has 0 aliphatic rings. The van der Waals surface area contributed by atoms with Gasteiger partial charge in [0.1, 0.15) is 22.8 Å². The molecule has 0 fully saturated rings. The molecule has 33 heavy (non-hydrogen) atoms. The molecule has 0 saturated heterocycles. The third-order valence-electron chi connectivity index (χ3n) is 5.18. The first-order valence-corrected chi connectivity index (χ1v) is 11.6. The van der Waals surface area contributed by atoms with Gasteiger partial charge >= 0.3 is 5.69 Å². The lowest BCUT2D eigenvalue weighted by molar-refractivity contribution is 0.588. The maximum absolute atomic E-state index is 14.2. The Morgan fingerprint density at radius 2 is 1.97 bits per heavy atom. The Morgan fingerprint density at radius 3 is 2.76 bits per heavy atom. The minimum atomic E-state index is -1.07. The molecule has 4 heterocycles. The molecule has 1 atom stereocenters. The van der Waals surface area contributed by atoms with E-state index in [0.717, 1.165) is 6.20 Å². The molecule has 1 unspecified atom stereocenters. The van der Waals surface area contributed by atoms with Crippen molar-refractivity contribution in [3.05, 3.63) is 70.4 Å². The molecule has 0 amide bonds. The maximum Gasteiger partial charge on any atom is 0.327 e. The number of fused-ring (bicyclic) bond motifs is 2. The van der Waals surface area contributed by atoms with Crippen molar-refractivity contribution in [3.63, 3.8) is 0 Å². The highest BCUT2D eigenvalue weighted by atomic mass is 32.2. The Hall–Kier alpha value is -3.80. The summed E-state index contributed by atoms with van der Waals surface area (Å²) < 4.78 is 42.5. The number of benzene rings is 1. The summed E-state index contributed by atoms with van der Waals surface area (Å²) in [6.45, 7) is 0.325. The lowest BCUT2D eigenvalue weighted by Crippen LogP contribution is -2.19. The quantitative estimate of drug-likeness (QED) is 0.408. The molecule has 0 aliphatic carbocycles. The van der Waals surface area contributed by atoms with Gasteiger partial charge in [0.2, 0.25) is 0 Å². The summed E-state index contributed by atoms with van der Waals surface area (Å²) in [4.78, 5) is 27.8. The van der Waals surface area contributed by atoms with Gasteiger partial charge in [0.25, 0.3) is 0 Å². The van der Waals surface area contributed by atoms with Crippen LogP contribution in [-0.4, -0.2) is 50.5 Å². The van der Waals surface area contributed by atoms with Gasteiger partial charge in [-0.25, -0.2) is 33.2 Å². The number of pyridine rings is 1. The molecule has 12 heteroatoms. The van der Waals surface area contributed by atoms with Crippen LogP contribution in [0.3, 0.4) is 0 Å². The van der Waals surface area contributed by atoms with Gasteiger partial charge in [-0.05, 0) is 12.1 Å². The van der Waals surface area contributed by atoms with E-state index in [1.165, 1.54) is 27.6 Å². The number of hydrogen-bond acceptors (Lipinski definition) is 6. The number of aryl methyl sites for hydroxylation is 1. The van der Waals surface area contributed by atoms with Gasteiger partial charge in [0.15, 0.2) is 17.1 Å². The van der Waals surface area contributed by atoms with E-state index in [-0.39, 0.29) is 30.3 Å². The van der Waals surface area contributed by atoms with Gasteiger partial charge in [0, 0.05) is 34.9 Å². The molecule has 0 aliphatic heterocycles. The summed E-state index contributed by atoms with van der Waals surface area (Å²) in [6.07, 6.45) is 4.08. The molecule has 4 aromatic heterocycles. The van der Waals surface area contributed by atoms with Gasteiger partial charge in [-0.3, -0.25) is 13.8 Å². The number of hydrogen-bond donors (Lipinski definition) is 1. The molecular formula is C21H17F2N7O2S. The van der Waals surface area contributed by atoms with E-state index in [1.807, 2.05) is 0 Å². The molecule has 1 N–H and O–H groups in total. The summed E-state index contributed by atoms with van der Waals surface area (Å²) in [7, 11) is -1.07. The summed E-state index contributed by atoms with van der Waals surface area (Å²) in [5.74, 6) is -0.499. The fourth-order valence-corrected chi connectivity index (χ4v) is 4.04. The molecule has 5 aromatic rings. The van der Waals surface area contributed by atoms with Crippen LogP contribution in [0.15, 0.2) is 47.5 Å². The number of rotatable bonds is 6. The molecule has 0 saturated carbocycles. The van der Waals surface area contributed by atoms with Crippen LogP contribution >= 0.6 is 0 Å². The number of nitrogens with one attached hydrogen (secondary N) is 1. The molecule has 1 aromatic carbocycles. The number of H-pyrrole nitrogens is 1. The van der Waals surface area contributed by atoms with E-state index in [2.05, 4.69) is 25.0 Å². The van der Waals surface area contributed by atoms with Crippen molar-refractivity contribution in [2.45, 2.75) is 13.1 Å². The molecule has 5 rings (SSSR count). The number of nitrogens with zero attached hydrogens (tertiary/aromatic N) is 6. The first-order valence-electron chi connectivity index (χ1n) is 9.92. The largest absolute Gasteiger partial charge is 0.327 e. The van der Waals surface area contributed by atoms with Gasteiger partial charge < -0.3 is 0 Å². The average molecular weight is 469 g/mol. The second-order valence-corrected chi connectivity index (χ2v) is 8.96. The third kappa shape index (κ3) is 3.93. The second-order valence-electron chi connectivity index (χ2n) is 7.41. The summed E-state index contributed by atoms with van der Waals surface area (Å²) in [6, 6.07) is 7.55. The maximum atomic E-state index is 14.2. The predicted octanol–water partition coefficient (Wildman–Crippen LogP) is 2.24. The lowest BCUT2D eigenvalue weighted by Gasteiger charge is -2.04. The van der Waals surface area contributed by atoms with E-state index >= 15 is 0 Å². The second kappa shape index (κ2) is 8.28. The van der Waals surface area contributed by atoms with Crippen LogP contribution in [0.4, 0.5) is 8.78 Å². The fourth-order valence-electron chi connectivity index (χ4n) is 3.60. The van der Waals surface area contributed by atoms with Crippen LogP contribution in [-0.2, 0) is 23.9 Å². The standard InChI is InChI=1S/C21H17F2N7O2S/c1-33(32)7-6-29-16-10-24-19(26-18(16)27-21(29)31)17-14-8-13(22)9-25-20(14)30(28-17)11-12-4-2-3-5-15(12)23/h2-5,8-10H,6-7,11H2,1H3,(H,24,26,27,31). The first kappa shape index (κ1) is 21.1.